The maximum atomic E-state index is 14.0. The molecule has 0 saturated carbocycles. The molecule has 208 valence electrons. The van der Waals surface area contributed by atoms with Crippen molar-refractivity contribution in [3.8, 4) is 0 Å². The first-order chi connectivity index (χ1) is 17.4. The number of carbonyl (C=O) groups is 1. The lowest BCUT2D eigenvalue weighted by Crippen LogP contribution is -2.29. The fraction of sp³-hybridized carbons (Fsp3) is 0.556. The van der Waals surface area contributed by atoms with Crippen molar-refractivity contribution in [1.29, 1.82) is 0 Å². The van der Waals surface area contributed by atoms with Gasteiger partial charge >= 0.3 is 5.97 Å². The number of carboxylic acids is 1. The molecule has 0 atom stereocenters. The molecule has 1 aromatic carbocycles. The van der Waals surface area contributed by atoms with E-state index in [1.54, 1.807) is 0 Å². The number of benzene rings is 1. The number of pyridine rings is 1. The van der Waals surface area contributed by atoms with E-state index in [0.29, 0.717) is 4.47 Å². The summed E-state index contributed by atoms with van der Waals surface area (Å²) in [5.74, 6) is -3.45. The van der Waals surface area contributed by atoms with E-state index >= 15 is 0 Å². The summed E-state index contributed by atoms with van der Waals surface area (Å²) in [4.78, 5) is 28.1. The van der Waals surface area contributed by atoms with Gasteiger partial charge in [0.1, 0.15) is 11.4 Å². The van der Waals surface area contributed by atoms with Crippen LogP contribution < -0.4 is 16.4 Å². The number of unbranched alkanes of at least 4 members (excludes halogenated alkanes) is 7. The summed E-state index contributed by atoms with van der Waals surface area (Å²) in [7, 11) is 1.22. The topological polar surface area (TPSA) is 92.6 Å². The molecule has 0 aliphatic carbocycles. The quantitative estimate of drug-likeness (QED) is 0.168. The number of halogens is 3. The maximum absolute atomic E-state index is 14.0. The second-order valence-electron chi connectivity index (χ2n) is 9.79. The van der Waals surface area contributed by atoms with Crippen molar-refractivity contribution in [2.45, 2.75) is 84.7 Å². The van der Waals surface area contributed by atoms with Crippen LogP contribution in [0.4, 0.5) is 20.2 Å². The summed E-state index contributed by atoms with van der Waals surface area (Å²) >= 11 is 3.07. The van der Waals surface area contributed by atoms with Crippen LogP contribution >= 0.6 is 15.9 Å². The highest BCUT2D eigenvalue weighted by Crippen LogP contribution is 2.26. The number of nitrogens with zero attached hydrogens (tertiary/aromatic N) is 1. The Kier molecular flexibility index (Phi) is 14.6. The Labute approximate surface area is 226 Å². The van der Waals surface area contributed by atoms with Crippen LogP contribution in [0.3, 0.4) is 0 Å². The average Bonchev–Trinajstić information content (AvgIpc) is 2.81. The molecule has 0 spiro atoms. The highest BCUT2D eigenvalue weighted by Gasteiger charge is 2.20. The second kappa shape index (κ2) is 16.5. The van der Waals surface area contributed by atoms with E-state index in [-0.39, 0.29) is 11.3 Å². The van der Waals surface area contributed by atoms with Gasteiger partial charge in [0.05, 0.1) is 17.0 Å². The van der Waals surface area contributed by atoms with Crippen molar-refractivity contribution >= 4 is 33.3 Å². The van der Waals surface area contributed by atoms with Crippen LogP contribution in [0.15, 0.2) is 33.7 Å². The Morgan fingerprint density at radius 2 is 1.68 bits per heavy atom. The van der Waals surface area contributed by atoms with E-state index in [4.69, 9.17) is 9.94 Å². The van der Waals surface area contributed by atoms with Gasteiger partial charge in [0.25, 0.3) is 5.56 Å². The van der Waals surface area contributed by atoms with Crippen molar-refractivity contribution in [1.82, 2.24) is 10.0 Å². The van der Waals surface area contributed by atoms with Gasteiger partial charge in [-0.1, -0.05) is 67.8 Å². The third kappa shape index (κ3) is 12.7. The van der Waals surface area contributed by atoms with E-state index in [2.05, 4.69) is 54.4 Å². The average molecular weight is 589 g/mol. The molecule has 37 heavy (non-hydrogen) atoms. The van der Waals surface area contributed by atoms with Crippen LogP contribution in [0.2, 0.25) is 0 Å². The molecule has 1 aromatic heterocycles. The molecule has 0 saturated heterocycles. The largest absolute Gasteiger partial charge is 0.478 e. The third-order valence-electron chi connectivity index (χ3n) is 5.25. The molecule has 2 rings (SSSR count). The molecular formula is C27H40BrF2N3O4. The zero-order valence-corrected chi connectivity index (χ0v) is 24.0. The van der Waals surface area contributed by atoms with Crippen LogP contribution in [-0.2, 0) is 11.9 Å². The van der Waals surface area contributed by atoms with E-state index < -0.39 is 34.4 Å². The Balaban J connectivity index is 0.000000387. The van der Waals surface area contributed by atoms with E-state index in [1.165, 1.54) is 70.5 Å². The fourth-order valence-electron chi connectivity index (χ4n) is 3.31. The molecule has 0 aliphatic rings. The Bertz CT molecular complexity index is 1060. The lowest BCUT2D eigenvalue weighted by atomic mass is 10.1. The first-order valence-electron chi connectivity index (χ1n) is 12.6. The standard InChI is InChI=1S/C14H31NO.C13H9BrF2N2O3/c1-5-6-7-8-9-10-11-12-13-15-16-14(2,3)4;1-18-5-7(13(20)21)11(10(16)12(18)19)17-9-3-2-6(14)4-8(9)15/h15H,5-13H2,1-4H3;2-5,17H,1H3,(H,20,21). The van der Waals surface area contributed by atoms with Crippen molar-refractivity contribution in [3.05, 3.63) is 56.4 Å². The van der Waals surface area contributed by atoms with E-state index in [1.807, 2.05) is 0 Å². The fourth-order valence-corrected chi connectivity index (χ4v) is 3.64. The van der Waals surface area contributed by atoms with Gasteiger partial charge in [-0.25, -0.2) is 14.7 Å². The number of nitrogens with one attached hydrogen (secondary N) is 2. The highest BCUT2D eigenvalue weighted by atomic mass is 79.9. The monoisotopic (exact) mass is 587 g/mol. The van der Waals surface area contributed by atoms with Gasteiger partial charge in [-0.05, 0) is 45.4 Å². The summed E-state index contributed by atoms with van der Waals surface area (Å²) in [6.07, 6.45) is 11.9. The Morgan fingerprint density at radius 3 is 2.22 bits per heavy atom. The number of aromatic nitrogens is 1. The summed E-state index contributed by atoms with van der Waals surface area (Å²) in [5.41, 5.74) is 0.756. The van der Waals surface area contributed by atoms with Crippen LogP contribution in [0.25, 0.3) is 0 Å². The summed E-state index contributed by atoms with van der Waals surface area (Å²) in [6, 6.07) is 3.91. The number of rotatable bonds is 13. The molecule has 0 radical (unpaired) electrons. The zero-order chi connectivity index (χ0) is 28.0. The molecule has 10 heteroatoms. The van der Waals surface area contributed by atoms with E-state index in [0.717, 1.165) is 23.4 Å². The summed E-state index contributed by atoms with van der Waals surface area (Å²) in [5, 5.41) is 11.4. The van der Waals surface area contributed by atoms with Crippen molar-refractivity contribution in [2.24, 2.45) is 7.05 Å². The number of aryl methyl sites for hydroxylation is 1. The minimum atomic E-state index is -1.44. The van der Waals surface area contributed by atoms with Gasteiger partial charge in [-0.15, -0.1) is 0 Å². The summed E-state index contributed by atoms with van der Waals surface area (Å²) < 4.78 is 29.0. The predicted molar refractivity (Wildman–Crippen MR) is 147 cm³/mol. The third-order valence-corrected chi connectivity index (χ3v) is 5.74. The van der Waals surface area contributed by atoms with Gasteiger partial charge in [0.2, 0.25) is 5.82 Å². The Hall–Kier alpha value is -2.30. The Morgan fingerprint density at radius 1 is 1.08 bits per heavy atom. The van der Waals surface area contributed by atoms with Crippen LogP contribution in [-0.4, -0.2) is 27.8 Å². The number of hydrogen-bond donors (Lipinski definition) is 3. The van der Waals surface area contributed by atoms with Gasteiger partial charge in [0.15, 0.2) is 0 Å². The molecule has 0 unspecified atom stereocenters. The van der Waals surface area contributed by atoms with Crippen molar-refractivity contribution < 1.29 is 23.5 Å². The molecule has 2 aromatic rings. The SMILES string of the molecule is CCCCCCCCCCNOC(C)(C)C.Cn1cc(C(=O)O)c(Nc2ccc(Br)cc2F)c(F)c1=O. The number of anilines is 2. The van der Waals surface area contributed by atoms with Crippen LogP contribution in [0, 0.1) is 11.6 Å². The molecule has 0 amide bonds. The number of hydroxylamine groups is 1. The predicted octanol–water partition coefficient (Wildman–Crippen LogP) is 7.31. The highest BCUT2D eigenvalue weighted by molar-refractivity contribution is 9.10. The number of carboxylic acid groups (broad SMARTS) is 1. The molecule has 7 nitrogen and oxygen atoms in total. The molecular weight excluding hydrogens is 548 g/mol. The van der Waals surface area contributed by atoms with E-state index in [9.17, 15) is 18.4 Å². The van der Waals surface area contributed by atoms with Crippen molar-refractivity contribution in [2.75, 3.05) is 11.9 Å². The van der Waals surface area contributed by atoms with Crippen LogP contribution in [0.1, 0.15) is 89.4 Å². The zero-order valence-electron chi connectivity index (χ0n) is 22.4. The minimum absolute atomic E-state index is 0.0693. The minimum Gasteiger partial charge on any atom is -0.478 e. The smallest absolute Gasteiger partial charge is 0.339 e. The molecule has 3 N–H and O–H groups in total. The molecule has 1 heterocycles. The van der Waals surface area contributed by atoms with Gasteiger partial charge in [-0.2, -0.15) is 4.39 Å². The summed E-state index contributed by atoms with van der Waals surface area (Å²) in [6.45, 7) is 9.43. The first kappa shape index (κ1) is 32.7. The lowest BCUT2D eigenvalue weighted by Gasteiger charge is -2.19. The second-order valence-corrected chi connectivity index (χ2v) is 10.7. The molecule has 0 bridgehead atoms. The van der Waals surface area contributed by atoms with Gasteiger partial charge in [0, 0.05) is 24.3 Å². The molecule has 0 aliphatic heterocycles. The first-order valence-corrected chi connectivity index (χ1v) is 13.4. The number of aromatic carboxylic acids is 1. The molecule has 0 fully saturated rings. The lowest BCUT2D eigenvalue weighted by molar-refractivity contribution is -0.0726. The van der Waals surface area contributed by atoms with Gasteiger partial charge in [-0.3, -0.25) is 9.63 Å². The number of hydrogen-bond acceptors (Lipinski definition) is 5. The maximum Gasteiger partial charge on any atom is 0.339 e. The van der Waals surface area contributed by atoms with Crippen LogP contribution in [0.5, 0.6) is 0 Å². The van der Waals surface area contributed by atoms with Crippen molar-refractivity contribution in [3.63, 3.8) is 0 Å². The normalized spacial score (nSPS) is 11.1. The van der Waals surface area contributed by atoms with Gasteiger partial charge < -0.3 is 15.0 Å².